The summed E-state index contributed by atoms with van der Waals surface area (Å²) in [7, 11) is 4.15. The number of benzene rings is 2. The van der Waals surface area contributed by atoms with E-state index >= 15 is 0 Å². The van der Waals surface area contributed by atoms with E-state index in [1.54, 1.807) is 0 Å². The van der Waals surface area contributed by atoms with Crippen LogP contribution in [-0.4, -0.2) is 19.1 Å². The molecule has 0 saturated heterocycles. The molecule has 0 saturated carbocycles. The van der Waals surface area contributed by atoms with Crippen molar-refractivity contribution in [2.45, 2.75) is 13.8 Å². The number of anilines is 1. The highest BCUT2D eigenvalue weighted by atomic mass is 32.1. The van der Waals surface area contributed by atoms with Crippen molar-refractivity contribution in [2.24, 2.45) is 0 Å². The van der Waals surface area contributed by atoms with Gasteiger partial charge in [-0.25, -0.2) is 4.98 Å². The lowest BCUT2D eigenvalue weighted by molar-refractivity contribution is 1.12. The minimum absolute atomic E-state index is 1.12. The van der Waals surface area contributed by atoms with E-state index in [0.717, 1.165) is 11.0 Å². The number of aryl methyl sites for hydroxylation is 2. The zero-order valence-corrected chi connectivity index (χ0v) is 12.5. The Bertz CT molecular complexity index is 778. The number of para-hydroxylation sites is 1. The van der Waals surface area contributed by atoms with Crippen molar-refractivity contribution in [3.63, 3.8) is 0 Å². The van der Waals surface area contributed by atoms with Crippen molar-refractivity contribution < 1.29 is 0 Å². The largest absolute Gasteiger partial charge is 0.377 e. The Morgan fingerprint density at radius 3 is 2.42 bits per heavy atom. The van der Waals surface area contributed by atoms with E-state index in [9.17, 15) is 0 Å². The van der Waals surface area contributed by atoms with Gasteiger partial charge in [0.1, 0.15) is 11.0 Å². The quantitative estimate of drug-likeness (QED) is 0.480. The van der Waals surface area contributed by atoms with Crippen LogP contribution in [0, 0.1) is 13.8 Å². The average Bonchev–Trinajstić information content (AvgIpc) is 2.38. The van der Waals surface area contributed by atoms with Crippen LogP contribution in [0.15, 0.2) is 30.3 Å². The summed E-state index contributed by atoms with van der Waals surface area (Å²) >= 11 is 1.82. The fourth-order valence-corrected chi connectivity index (χ4v) is 3.58. The zero-order valence-electron chi connectivity index (χ0n) is 11.7. The Hall–Kier alpha value is -1.74. The molecular weight excluding hydrogens is 252 g/mol. The standard InChI is InChI=1S/C16H17N2S/c1-10-6-5-7-13-15(10)17-16-11(2)12(18(3)4)8-9-14(16)19-13/h5-9H,1-4H3/q+1. The molecule has 0 aliphatic carbocycles. The minimum atomic E-state index is 1.12. The van der Waals surface area contributed by atoms with Crippen molar-refractivity contribution in [3.8, 4) is 0 Å². The summed E-state index contributed by atoms with van der Waals surface area (Å²) in [4.78, 5) is 7.05. The van der Waals surface area contributed by atoms with E-state index < -0.39 is 0 Å². The summed E-state index contributed by atoms with van der Waals surface area (Å²) in [6.45, 7) is 4.28. The smallest absolute Gasteiger partial charge is 0.257 e. The van der Waals surface area contributed by atoms with Gasteiger partial charge in [-0.05, 0) is 25.5 Å². The predicted octanol–water partition coefficient (Wildman–Crippen LogP) is 4.41. The molecule has 19 heavy (non-hydrogen) atoms. The molecule has 0 spiro atoms. The highest BCUT2D eigenvalue weighted by Crippen LogP contribution is 2.32. The van der Waals surface area contributed by atoms with Crippen molar-refractivity contribution in [2.75, 3.05) is 19.0 Å². The molecule has 0 bridgehead atoms. The van der Waals surface area contributed by atoms with Gasteiger partial charge in [0.25, 0.3) is 9.40 Å². The first-order valence-electron chi connectivity index (χ1n) is 6.38. The van der Waals surface area contributed by atoms with Gasteiger partial charge in [0.05, 0.1) is 0 Å². The van der Waals surface area contributed by atoms with Crippen molar-refractivity contribution >= 4 is 37.5 Å². The third kappa shape index (κ3) is 1.94. The molecule has 3 aromatic rings. The van der Waals surface area contributed by atoms with E-state index in [4.69, 9.17) is 4.98 Å². The molecule has 0 fully saturated rings. The third-order valence-electron chi connectivity index (χ3n) is 3.49. The molecule has 0 radical (unpaired) electrons. The Kier molecular flexibility index (Phi) is 2.86. The Balaban J connectivity index is 2.43. The van der Waals surface area contributed by atoms with Gasteiger partial charge in [-0.1, -0.05) is 12.1 Å². The zero-order chi connectivity index (χ0) is 13.6. The number of aromatic nitrogens is 1. The van der Waals surface area contributed by atoms with Crippen LogP contribution in [0.5, 0.6) is 0 Å². The molecule has 1 aromatic heterocycles. The molecule has 0 aliphatic heterocycles. The number of fused-ring (bicyclic) bond motifs is 2. The molecule has 3 rings (SSSR count). The molecule has 0 amide bonds. The Morgan fingerprint density at radius 1 is 0.947 bits per heavy atom. The van der Waals surface area contributed by atoms with E-state index in [-0.39, 0.29) is 0 Å². The predicted molar refractivity (Wildman–Crippen MR) is 85.3 cm³/mol. The summed E-state index contributed by atoms with van der Waals surface area (Å²) in [5, 5.41) is 0. The number of rotatable bonds is 1. The van der Waals surface area contributed by atoms with Gasteiger partial charge in [-0.2, -0.15) is 0 Å². The highest BCUT2D eigenvalue weighted by molar-refractivity contribution is 7.24. The lowest BCUT2D eigenvalue weighted by Crippen LogP contribution is -2.10. The fraction of sp³-hybridized carbons (Fsp3) is 0.250. The first kappa shape index (κ1) is 12.3. The molecule has 0 N–H and O–H groups in total. The maximum atomic E-state index is 4.90. The van der Waals surface area contributed by atoms with Crippen LogP contribution in [0.1, 0.15) is 11.1 Å². The van der Waals surface area contributed by atoms with E-state index in [1.807, 2.05) is 11.3 Å². The maximum Gasteiger partial charge on any atom is 0.257 e. The minimum Gasteiger partial charge on any atom is -0.377 e. The number of nitrogens with zero attached hydrogens (tertiary/aromatic N) is 2. The third-order valence-corrected chi connectivity index (χ3v) is 4.59. The van der Waals surface area contributed by atoms with Gasteiger partial charge in [-0.15, -0.1) is 0 Å². The fourth-order valence-electron chi connectivity index (χ4n) is 2.46. The maximum absolute atomic E-state index is 4.90. The lowest BCUT2D eigenvalue weighted by Gasteiger charge is -2.15. The molecule has 2 nitrogen and oxygen atoms in total. The Morgan fingerprint density at radius 2 is 1.68 bits per heavy atom. The van der Waals surface area contributed by atoms with Gasteiger partial charge in [0.15, 0.2) is 0 Å². The highest BCUT2D eigenvalue weighted by Gasteiger charge is 2.17. The van der Waals surface area contributed by atoms with Gasteiger partial charge < -0.3 is 4.90 Å². The van der Waals surface area contributed by atoms with Gasteiger partial charge in [0.2, 0.25) is 11.3 Å². The van der Waals surface area contributed by atoms with Gasteiger partial charge >= 0.3 is 0 Å². The van der Waals surface area contributed by atoms with Crippen LogP contribution in [0.3, 0.4) is 0 Å². The van der Waals surface area contributed by atoms with Crippen LogP contribution >= 0.6 is 11.3 Å². The van der Waals surface area contributed by atoms with Crippen LogP contribution in [-0.2, 0) is 0 Å². The van der Waals surface area contributed by atoms with Crippen LogP contribution in [0.4, 0.5) is 5.69 Å². The topological polar surface area (TPSA) is 16.1 Å². The molecule has 0 unspecified atom stereocenters. The molecule has 96 valence electrons. The normalized spacial score (nSPS) is 11.2. The summed E-state index contributed by atoms with van der Waals surface area (Å²) in [5.41, 5.74) is 5.98. The second kappa shape index (κ2) is 4.42. The Labute approximate surface area is 117 Å². The van der Waals surface area contributed by atoms with E-state index in [0.29, 0.717) is 0 Å². The van der Waals surface area contributed by atoms with Gasteiger partial charge in [0, 0.05) is 37.5 Å². The number of hydrogen-bond donors (Lipinski definition) is 0. The summed E-state index contributed by atoms with van der Waals surface area (Å²) in [6, 6.07) is 10.7. The molecule has 0 aliphatic rings. The van der Waals surface area contributed by atoms with Crippen LogP contribution < -0.4 is 4.90 Å². The first-order chi connectivity index (χ1) is 9.08. The SMILES string of the molecule is Cc1cccc2[s+]c3ccc(N(C)C)c(C)c3nc12. The summed E-state index contributed by atoms with van der Waals surface area (Å²) in [5.74, 6) is 0. The second-order valence-corrected chi connectivity index (χ2v) is 6.17. The first-order valence-corrected chi connectivity index (χ1v) is 7.19. The average molecular weight is 269 g/mol. The van der Waals surface area contributed by atoms with Gasteiger partial charge in [-0.3, -0.25) is 0 Å². The monoisotopic (exact) mass is 269 g/mol. The molecule has 3 heteroatoms. The summed E-state index contributed by atoms with van der Waals surface area (Å²) < 4.78 is 2.51. The van der Waals surface area contributed by atoms with Crippen LogP contribution in [0.2, 0.25) is 0 Å². The lowest BCUT2D eigenvalue weighted by atomic mass is 10.1. The van der Waals surface area contributed by atoms with Crippen molar-refractivity contribution in [1.29, 1.82) is 0 Å². The molecule has 2 aromatic carbocycles. The van der Waals surface area contributed by atoms with Crippen molar-refractivity contribution in [3.05, 3.63) is 41.5 Å². The van der Waals surface area contributed by atoms with E-state index in [1.165, 1.54) is 26.2 Å². The molecule has 0 atom stereocenters. The van der Waals surface area contributed by atoms with Crippen molar-refractivity contribution in [1.82, 2.24) is 4.98 Å². The number of hydrogen-bond acceptors (Lipinski definition) is 2. The summed E-state index contributed by atoms with van der Waals surface area (Å²) in [6.07, 6.45) is 0. The van der Waals surface area contributed by atoms with Crippen LogP contribution in [0.25, 0.3) is 20.4 Å². The molecular formula is C16H17N2S+. The van der Waals surface area contributed by atoms with E-state index in [2.05, 4.69) is 63.2 Å². The second-order valence-electron chi connectivity index (χ2n) is 5.09. The molecule has 1 heterocycles.